The Balaban J connectivity index is 2.93. The zero-order valence-electron chi connectivity index (χ0n) is 6.06. The summed E-state index contributed by atoms with van der Waals surface area (Å²) >= 11 is 0. The summed E-state index contributed by atoms with van der Waals surface area (Å²) in [5, 5.41) is 7.50. The van der Waals surface area contributed by atoms with Crippen LogP contribution in [0.1, 0.15) is 5.56 Å². The third-order valence-corrected chi connectivity index (χ3v) is 1.81. The number of aromatic amines is 1. The van der Waals surface area contributed by atoms with Crippen molar-refractivity contribution in [1.82, 2.24) is 10.2 Å². The van der Waals surface area contributed by atoms with E-state index in [1.165, 1.54) is 6.07 Å². The Morgan fingerprint density at radius 2 is 2.27 bits per heavy atom. The van der Waals surface area contributed by atoms with E-state index in [-0.39, 0.29) is 5.82 Å². The second kappa shape index (κ2) is 2.05. The van der Waals surface area contributed by atoms with E-state index in [1.807, 2.05) is 0 Å². The molecule has 0 saturated heterocycles. The van der Waals surface area contributed by atoms with E-state index in [0.29, 0.717) is 5.56 Å². The maximum absolute atomic E-state index is 12.9. The van der Waals surface area contributed by atoms with Gasteiger partial charge in [-0.25, -0.2) is 4.39 Å². The molecule has 0 radical (unpaired) electrons. The van der Waals surface area contributed by atoms with Crippen LogP contribution in [-0.2, 0) is 0 Å². The smallest absolute Gasteiger partial charge is 0.128 e. The lowest BCUT2D eigenvalue weighted by molar-refractivity contribution is 0.620. The van der Waals surface area contributed by atoms with E-state index < -0.39 is 0 Å². The number of aromatic nitrogens is 2. The number of hydrogen-bond donors (Lipinski definition) is 1. The van der Waals surface area contributed by atoms with Gasteiger partial charge >= 0.3 is 0 Å². The van der Waals surface area contributed by atoms with Crippen molar-refractivity contribution < 1.29 is 4.39 Å². The third kappa shape index (κ3) is 0.808. The Labute approximate surface area is 63.0 Å². The van der Waals surface area contributed by atoms with Crippen LogP contribution in [0.15, 0.2) is 18.3 Å². The molecule has 1 heterocycles. The number of fused-ring (bicyclic) bond motifs is 1. The third-order valence-electron chi connectivity index (χ3n) is 1.81. The summed E-state index contributed by atoms with van der Waals surface area (Å²) in [6.07, 6.45) is 1.68. The van der Waals surface area contributed by atoms with E-state index in [2.05, 4.69) is 10.2 Å². The molecule has 0 spiro atoms. The summed E-state index contributed by atoms with van der Waals surface area (Å²) in [7, 11) is 0. The Morgan fingerprint density at radius 1 is 1.45 bits per heavy atom. The largest absolute Gasteiger partial charge is 0.277 e. The molecule has 2 rings (SSSR count). The average molecular weight is 150 g/mol. The van der Waals surface area contributed by atoms with Gasteiger partial charge in [0.05, 0.1) is 11.7 Å². The highest BCUT2D eigenvalue weighted by molar-refractivity contribution is 5.80. The number of halogens is 1. The van der Waals surface area contributed by atoms with Crippen LogP contribution < -0.4 is 0 Å². The van der Waals surface area contributed by atoms with Crippen molar-refractivity contribution >= 4 is 10.9 Å². The molecule has 3 heteroatoms. The van der Waals surface area contributed by atoms with Gasteiger partial charge in [-0.05, 0) is 19.1 Å². The van der Waals surface area contributed by atoms with Gasteiger partial charge in [-0.2, -0.15) is 5.10 Å². The first-order chi connectivity index (χ1) is 5.29. The van der Waals surface area contributed by atoms with Crippen LogP contribution in [0.3, 0.4) is 0 Å². The number of hydrogen-bond acceptors (Lipinski definition) is 1. The standard InChI is InChI=1S/C8H7FN2/c1-5-7(9)3-2-6-4-10-11-8(5)6/h2-4H,1H3,(H,10,11). The van der Waals surface area contributed by atoms with Gasteiger partial charge in [-0.1, -0.05) is 0 Å². The Kier molecular flexibility index (Phi) is 1.18. The lowest BCUT2D eigenvalue weighted by atomic mass is 10.1. The predicted molar refractivity (Wildman–Crippen MR) is 40.8 cm³/mol. The van der Waals surface area contributed by atoms with Crippen LogP contribution in [0.5, 0.6) is 0 Å². The van der Waals surface area contributed by atoms with Gasteiger partial charge in [0.1, 0.15) is 5.82 Å². The highest BCUT2D eigenvalue weighted by atomic mass is 19.1. The monoisotopic (exact) mass is 150 g/mol. The normalized spacial score (nSPS) is 10.7. The van der Waals surface area contributed by atoms with Crippen LogP contribution in [0, 0.1) is 12.7 Å². The number of benzene rings is 1. The molecule has 0 aliphatic carbocycles. The highest BCUT2D eigenvalue weighted by Crippen LogP contribution is 2.17. The SMILES string of the molecule is Cc1c(F)ccc2cn[nH]c12. The zero-order valence-corrected chi connectivity index (χ0v) is 6.06. The van der Waals surface area contributed by atoms with Gasteiger partial charge in [0.2, 0.25) is 0 Å². The second-order valence-corrected chi connectivity index (χ2v) is 2.51. The molecule has 1 N–H and O–H groups in total. The summed E-state index contributed by atoms with van der Waals surface area (Å²) in [5.74, 6) is -0.193. The Morgan fingerprint density at radius 3 is 3.09 bits per heavy atom. The van der Waals surface area contributed by atoms with E-state index in [0.717, 1.165) is 10.9 Å². The molecule has 0 saturated carbocycles. The number of nitrogens with zero attached hydrogens (tertiary/aromatic N) is 1. The summed E-state index contributed by atoms with van der Waals surface area (Å²) < 4.78 is 12.9. The Hall–Kier alpha value is -1.38. The first-order valence-electron chi connectivity index (χ1n) is 3.37. The van der Waals surface area contributed by atoms with Gasteiger partial charge in [0, 0.05) is 10.9 Å². The number of aryl methyl sites for hydroxylation is 1. The van der Waals surface area contributed by atoms with Gasteiger partial charge in [-0.15, -0.1) is 0 Å². The first kappa shape index (κ1) is 6.34. The molecule has 56 valence electrons. The maximum Gasteiger partial charge on any atom is 0.128 e. The molecule has 11 heavy (non-hydrogen) atoms. The van der Waals surface area contributed by atoms with Crippen molar-refractivity contribution in [3.63, 3.8) is 0 Å². The van der Waals surface area contributed by atoms with E-state index in [9.17, 15) is 4.39 Å². The van der Waals surface area contributed by atoms with Crippen LogP contribution in [-0.4, -0.2) is 10.2 Å². The maximum atomic E-state index is 12.9. The molecule has 0 unspecified atom stereocenters. The molecule has 1 aromatic carbocycles. The van der Waals surface area contributed by atoms with Crippen LogP contribution in [0.2, 0.25) is 0 Å². The van der Waals surface area contributed by atoms with Crippen LogP contribution in [0.4, 0.5) is 4.39 Å². The molecule has 0 aliphatic rings. The summed E-state index contributed by atoms with van der Waals surface area (Å²) in [6.45, 7) is 1.73. The summed E-state index contributed by atoms with van der Waals surface area (Å²) in [4.78, 5) is 0. The summed E-state index contributed by atoms with van der Waals surface area (Å²) in [6, 6.07) is 3.16. The molecule has 0 atom stereocenters. The molecule has 1 aromatic heterocycles. The number of nitrogens with one attached hydrogen (secondary N) is 1. The minimum Gasteiger partial charge on any atom is -0.277 e. The minimum absolute atomic E-state index is 0.193. The van der Waals surface area contributed by atoms with Crippen molar-refractivity contribution in [2.45, 2.75) is 6.92 Å². The van der Waals surface area contributed by atoms with Gasteiger partial charge < -0.3 is 0 Å². The first-order valence-corrected chi connectivity index (χ1v) is 3.37. The highest BCUT2D eigenvalue weighted by Gasteiger charge is 2.02. The molecule has 0 aliphatic heterocycles. The van der Waals surface area contributed by atoms with Crippen molar-refractivity contribution in [1.29, 1.82) is 0 Å². The van der Waals surface area contributed by atoms with Gasteiger partial charge in [0.15, 0.2) is 0 Å². The molecular formula is C8H7FN2. The molecule has 0 amide bonds. The van der Waals surface area contributed by atoms with Crippen molar-refractivity contribution in [2.75, 3.05) is 0 Å². The van der Waals surface area contributed by atoms with E-state index in [1.54, 1.807) is 19.2 Å². The lowest BCUT2D eigenvalue weighted by Gasteiger charge is -1.95. The van der Waals surface area contributed by atoms with Crippen molar-refractivity contribution in [2.24, 2.45) is 0 Å². The number of H-pyrrole nitrogens is 1. The molecular weight excluding hydrogens is 143 g/mol. The predicted octanol–water partition coefficient (Wildman–Crippen LogP) is 2.01. The minimum atomic E-state index is -0.193. The quantitative estimate of drug-likeness (QED) is 0.611. The Bertz CT molecular complexity index is 392. The van der Waals surface area contributed by atoms with Gasteiger partial charge in [0.25, 0.3) is 0 Å². The lowest BCUT2D eigenvalue weighted by Crippen LogP contribution is -1.82. The van der Waals surface area contributed by atoms with Crippen molar-refractivity contribution in [3.05, 3.63) is 29.7 Å². The van der Waals surface area contributed by atoms with Gasteiger partial charge in [-0.3, -0.25) is 5.10 Å². The molecule has 2 nitrogen and oxygen atoms in total. The topological polar surface area (TPSA) is 28.7 Å². The molecule has 0 bridgehead atoms. The fourth-order valence-corrected chi connectivity index (χ4v) is 1.13. The second-order valence-electron chi connectivity index (χ2n) is 2.51. The van der Waals surface area contributed by atoms with Crippen LogP contribution in [0.25, 0.3) is 10.9 Å². The average Bonchev–Trinajstić information content (AvgIpc) is 2.45. The molecule has 2 aromatic rings. The van der Waals surface area contributed by atoms with E-state index >= 15 is 0 Å². The summed E-state index contributed by atoms with van der Waals surface area (Å²) in [5.41, 5.74) is 1.41. The van der Waals surface area contributed by atoms with Crippen molar-refractivity contribution in [3.8, 4) is 0 Å². The zero-order chi connectivity index (χ0) is 7.84. The number of rotatable bonds is 0. The fraction of sp³-hybridized carbons (Fsp3) is 0.125. The van der Waals surface area contributed by atoms with E-state index in [4.69, 9.17) is 0 Å². The molecule has 0 fully saturated rings. The van der Waals surface area contributed by atoms with Crippen LogP contribution >= 0.6 is 0 Å². The fourth-order valence-electron chi connectivity index (χ4n) is 1.13.